The Morgan fingerprint density at radius 3 is 2.62 bits per heavy atom. The summed E-state index contributed by atoms with van der Waals surface area (Å²) < 4.78 is 0. The van der Waals surface area contributed by atoms with Crippen molar-refractivity contribution in [3.63, 3.8) is 0 Å². The van der Waals surface area contributed by atoms with Crippen LogP contribution in [0.25, 0.3) is 0 Å². The van der Waals surface area contributed by atoms with E-state index in [9.17, 15) is 0 Å². The number of aromatic hydroxyl groups is 1. The van der Waals surface area contributed by atoms with Crippen molar-refractivity contribution < 1.29 is 5.11 Å². The molecule has 0 saturated carbocycles. The summed E-state index contributed by atoms with van der Waals surface area (Å²) in [5, 5.41) is 9.03. The zero-order valence-electron chi connectivity index (χ0n) is 8.33. The second kappa shape index (κ2) is 4.85. The van der Waals surface area contributed by atoms with Crippen LogP contribution < -0.4 is 0 Å². The van der Waals surface area contributed by atoms with Crippen molar-refractivity contribution >= 4 is 0 Å². The number of rotatable bonds is 4. The average molecular weight is 179 g/mol. The van der Waals surface area contributed by atoms with Crippen molar-refractivity contribution in [3.8, 4) is 5.88 Å². The van der Waals surface area contributed by atoms with Crippen LogP contribution in [0.3, 0.4) is 0 Å². The first kappa shape index (κ1) is 10.0. The van der Waals surface area contributed by atoms with Gasteiger partial charge in [-0.25, -0.2) is 4.98 Å². The summed E-state index contributed by atoms with van der Waals surface area (Å²) in [4.78, 5) is 3.89. The minimum atomic E-state index is 0.107. The Balaban J connectivity index is 2.73. The molecular weight excluding hydrogens is 162 g/mol. The van der Waals surface area contributed by atoms with Gasteiger partial charge in [0.25, 0.3) is 0 Å². The van der Waals surface area contributed by atoms with E-state index >= 15 is 0 Å². The molecule has 0 saturated heterocycles. The smallest absolute Gasteiger partial charge is 0.210 e. The summed E-state index contributed by atoms with van der Waals surface area (Å²) in [6.45, 7) is 4.38. The lowest BCUT2D eigenvalue weighted by Crippen LogP contribution is -1.96. The Morgan fingerprint density at radius 1 is 1.38 bits per heavy atom. The second-order valence-electron chi connectivity index (χ2n) is 3.34. The van der Waals surface area contributed by atoms with E-state index in [-0.39, 0.29) is 5.88 Å². The van der Waals surface area contributed by atoms with Gasteiger partial charge >= 0.3 is 0 Å². The molecule has 0 aliphatic heterocycles. The SMILES string of the molecule is CCCC(CC)c1ccc(O)nc1. The molecular formula is C11H17NO. The molecule has 0 aromatic carbocycles. The molecule has 0 fully saturated rings. The highest BCUT2D eigenvalue weighted by Gasteiger charge is 2.07. The third kappa shape index (κ3) is 2.72. The van der Waals surface area contributed by atoms with Gasteiger partial charge in [0, 0.05) is 12.3 Å². The van der Waals surface area contributed by atoms with Crippen molar-refractivity contribution in [2.45, 2.75) is 39.0 Å². The minimum Gasteiger partial charge on any atom is -0.493 e. The Kier molecular flexibility index (Phi) is 3.74. The number of hydrogen-bond acceptors (Lipinski definition) is 2. The number of aromatic nitrogens is 1. The summed E-state index contributed by atoms with van der Waals surface area (Å²) in [5.74, 6) is 0.702. The standard InChI is InChI=1S/C11H17NO/c1-3-5-9(4-2)10-6-7-11(13)12-8-10/h6-9H,3-5H2,1-2H3,(H,12,13). The average Bonchev–Trinajstić information content (AvgIpc) is 2.16. The fourth-order valence-corrected chi connectivity index (χ4v) is 1.59. The molecule has 1 atom stereocenters. The highest BCUT2D eigenvalue weighted by Crippen LogP contribution is 2.24. The Bertz CT molecular complexity index is 243. The summed E-state index contributed by atoms with van der Waals surface area (Å²) in [7, 11) is 0. The normalized spacial score (nSPS) is 12.8. The zero-order chi connectivity index (χ0) is 9.68. The van der Waals surface area contributed by atoms with E-state index in [1.807, 2.05) is 6.07 Å². The van der Waals surface area contributed by atoms with E-state index < -0.39 is 0 Å². The zero-order valence-corrected chi connectivity index (χ0v) is 8.33. The maximum absolute atomic E-state index is 9.03. The van der Waals surface area contributed by atoms with Crippen molar-refractivity contribution in [2.24, 2.45) is 0 Å². The lowest BCUT2D eigenvalue weighted by atomic mass is 9.93. The van der Waals surface area contributed by atoms with Crippen LogP contribution in [0.15, 0.2) is 18.3 Å². The molecule has 1 aromatic heterocycles. The first-order chi connectivity index (χ1) is 6.27. The monoisotopic (exact) mass is 179 g/mol. The molecule has 0 aliphatic carbocycles. The summed E-state index contributed by atoms with van der Waals surface area (Å²) in [6.07, 6.45) is 5.31. The highest BCUT2D eigenvalue weighted by molar-refractivity contribution is 5.20. The van der Waals surface area contributed by atoms with Gasteiger partial charge in [-0.05, 0) is 24.3 Å². The lowest BCUT2D eigenvalue weighted by molar-refractivity contribution is 0.452. The maximum Gasteiger partial charge on any atom is 0.210 e. The van der Waals surface area contributed by atoms with Crippen molar-refractivity contribution in [1.29, 1.82) is 0 Å². The van der Waals surface area contributed by atoms with E-state index in [2.05, 4.69) is 18.8 Å². The molecule has 2 heteroatoms. The van der Waals surface area contributed by atoms with Crippen molar-refractivity contribution in [2.75, 3.05) is 0 Å². The minimum absolute atomic E-state index is 0.107. The molecule has 1 heterocycles. The topological polar surface area (TPSA) is 33.1 Å². The second-order valence-corrected chi connectivity index (χ2v) is 3.34. The molecule has 1 N–H and O–H groups in total. The molecule has 0 spiro atoms. The first-order valence-electron chi connectivity index (χ1n) is 4.92. The molecule has 0 radical (unpaired) electrons. The van der Waals surface area contributed by atoms with Gasteiger partial charge in [-0.1, -0.05) is 26.3 Å². The molecule has 0 bridgehead atoms. The van der Waals surface area contributed by atoms with Crippen LogP contribution in [0, 0.1) is 0 Å². The summed E-state index contributed by atoms with van der Waals surface area (Å²) >= 11 is 0. The van der Waals surface area contributed by atoms with Gasteiger partial charge in [-0.15, -0.1) is 0 Å². The first-order valence-corrected chi connectivity index (χ1v) is 4.92. The molecule has 0 amide bonds. The number of pyridine rings is 1. The highest BCUT2D eigenvalue weighted by atomic mass is 16.3. The van der Waals surface area contributed by atoms with E-state index in [0.717, 1.165) is 6.42 Å². The van der Waals surface area contributed by atoms with Gasteiger partial charge < -0.3 is 5.11 Å². The third-order valence-corrected chi connectivity index (χ3v) is 2.37. The van der Waals surface area contributed by atoms with Crippen LogP contribution >= 0.6 is 0 Å². The molecule has 13 heavy (non-hydrogen) atoms. The van der Waals surface area contributed by atoms with E-state index in [4.69, 9.17) is 5.11 Å². The van der Waals surface area contributed by atoms with Crippen molar-refractivity contribution in [3.05, 3.63) is 23.9 Å². The molecule has 1 aromatic rings. The molecule has 2 nitrogen and oxygen atoms in total. The Morgan fingerprint density at radius 2 is 2.15 bits per heavy atom. The van der Waals surface area contributed by atoms with E-state index in [0.29, 0.717) is 5.92 Å². The van der Waals surface area contributed by atoms with Crippen molar-refractivity contribution in [1.82, 2.24) is 4.98 Å². The molecule has 1 rings (SSSR count). The predicted molar refractivity (Wildman–Crippen MR) is 53.8 cm³/mol. The van der Waals surface area contributed by atoms with Gasteiger partial charge in [0.05, 0.1) is 0 Å². The maximum atomic E-state index is 9.03. The fourth-order valence-electron chi connectivity index (χ4n) is 1.59. The van der Waals surface area contributed by atoms with Crippen LogP contribution in [0.1, 0.15) is 44.6 Å². The van der Waals surface area contributed by atoms with Gasteiger partial charge in [-0.2, -0.15) is 0 Å². The molecule has 1 unspecified atom stereocenters. The number of hydrogen-bond donors (Lipinski definition) is 1. The third-order valence-electron chi connectivity index (χ3n) is 2.37. The van der Waals surface area contributed by atoms with E-state index in [1.165, 1.54) is 18.4 Å². The Hall–Kier alpha value is -1.05. The van der Waals surface area contributed by atoms with Crippen LogP contribution in [-0.2, 0) is 0 Å². The van der Waals surface area contributed by atoms with Gasteiger partial charge in [0.15, 0.2) is 0 Å². The van der Waals surface area contributed by atoms with Gasteiger partial charge in [-0.3, -0.25) is 0 Å². The van der Waals surface area contributed by atoms with Gasteiger partial charge in [0.2, 0.25) is 5.88 Å². The lowest BCUT2D eigenvalue weighted by Gasteiger charge is -2.13. The van der Waals surface area contributed by atoms with Crippen LogP contribution in [0.2, 0.25) is 0 Å². The largest absolute Gasteiger partial charge is 0.493 e. The Labute approximate surface area is 79.6 Å². The quantitative estimate of drug-likeness (QED) is 0.770. The predicted octanol–water partition coefficient (Wildman–Crippen LogP) is 3.08. The molecule has 0 aliphatic rings. The van der Waals surface area contributed by atoms with E-state index in [1.54, 1.807) is 12.3 Å². The van der Waals surface area contributed by atoms with Gasteiger partial charge in [0.1, 0.15) is 0 Å². The fraction of sp³-hybridized carbons (Fsp3) is 0.545. The van der Waals surface area contributed by atoms with Crippen LogP contribution in [0.5, 0.6) is 5.88 Å². The number of nitrogens with zero attached hydrogens (tertiary/aromatic N) is 1. The summed E-state index contributed by atoms with van der Waals surface area (Å²) in [5.41, 5.74) is 1.24. The molecule has 72 valence electrons. The summed E-state index contributed by atoms with van der Waals surface area (Å²) in [6, 6.07) is 3.62. The van der Waals surface area contributed by atoms with Crippen LogP contribution in [-0.4, -0.2) is 10.1 Å². The van der Waals surface area contributed by atoms with Crippen LogP contribution in [0.4, 0.5) is 0 Å².